The second kappa shape index (κ2) is 19.6. The molecule has 8 rings (SSSR count). The highest BCUT2D eigenvalue weighted by Gasteiger charge is 2.35. The minimum atomic E-state index is -2.96. The van der Waals surface area contributed by atoms with Crippen LogP contribution in [0.5, 0.6) is 17.2 Å². The molecule has 16 nitrogen and oxygen atoms in total. The lowest BCUT2D eigenvalue weighted by atomic mass is 9.95. The number of aliphatic hydroxyl groups excluding tert-OH is 2. The number of ether oxygens (including phenoxy) is 3. The Labute approximate surface area is 377 Å². The summed E-state index contributed by atoms with van der Waals surface area (Å²) in [6, 6.07) is 22.7. The molecule has 0 aliphatic carbocycles. The summed E-state index contributed by atoms with van der Waals surface area (Å²) in [6.07, 6.45) is 6.08. The number of carboxylic acids is 1. The zero-order valence-corrected chi connectivity index (χ0v) is 36.1. The highest BCUT2D eigenvalue weighted by Crippen LogP contribution is 2.46. The number of aliphatic hydroxyl groups is 2. The van der Waals surface area contributed by atoms with Crippen LogP contribution < -0.4 is 23.8 Å². The molecule has 3 aliphatic heterocycles. The summed E-state index contributed by atoms with van der Waals surface area (Å²) in [5.41, 5.74) is 3.83. The molecule has 3 aliphatic rings. The number of rotatable bonds is 17. The van der Waals surface area contributed by atoms with E-state index in [4.69, 9.17) is 30.3 Å². The van der Waals surface area contributed by atoms with Crippen molar-refractivity contribution in [2.75, 3.05) is 55.1 Å². The zero-order chi connectivity index (χ0) is 45.8. The number of carboxylic acid groups (broad SMARTS) is 1. The van der Waals surface area contributed by atoms with Crippen LogP contribution in [0.2, 0.25) is 0 Å². The Morgan fingerprint density at radius 3 is 2.25 bits per heavy atom. The number of fused-ring (bicyclic) bond motifs is 6. The molecule has 3 unspecified atom stereocenters. The Balaban J connectivity index is 1.03. The number of alkyl halides is 1. The first-order valence-electron chi connectivity index (χ1n) is 20.5. The van der Waals surface area contributed by atoms with E-state index in [1.54, 1.807) is 71.6 Å². The van der Waals surface area contributed by atoms with Gasteiger partial charge >= 0.3 is 14.2 Å². The average Bonchev–Trinajstić information content (AvgIpc) is 4.00. The number of hydrogen-bond acceptors (Lipinski definition) is 11. The third-order valence-electron chi connectivity index (χ3n) is 11.3. The van der Waals surface area contributed by atoms with Crippen molar-refractivity contribution in [3.8, 4) is 17.2 Å². The lowest BCUT2D eigenvalue weighted by Crippen LogP contribution is -2.36. The van der Waals surface area contributed by atoms with Crippen LogP contribution in [0.1, 0.15) is 28.2 Å². The SMILES string of the molecule is O=C(O)C(O)Oc1cc2c(c3ccccc13)[C@H](CCl)CN2C(=O)/C=C/c1ccc(/C=C/C(=O)N2CCc3c2cc(O[P+](=O)O)c2ccccc32)c(OCCOCCN2C(=O)C=CC2O)c1. The van der Waals surface area contributed by atoms with E-state index < -0.39 is 32.6 Å². The van der Waals surface area contributed by atoms with Gasteiger partial charge in [-0.2, -0.15) is 0 Å². The summed E-state index contributed by atoms with van der Waals surface area (Å²) in [6.45, 7) is 1.10. The molecule has 0 spiro atoms. The molecule has 0 radical (unpaired) electrons. The summed E-state index contributed by atoms with van der Waals surface area (Å²) in [5, 5.41) is 32.1. The Morgan fingerprint density at radius 1 is 0.846 bits per heavy atom. The topological polar surface area (TPSA) is 213 Å². The van der Waals surface area contributed by atoms with Gasteiger partial charge < -0.3 is 44.2 Å². The second-order valence-electron chi connectivity index (χ2n) is 15.2. The van der Waals surface area contributed by atoms with E-state index in [1.165, 1.54) is 40.2 Å². The second-order valence-corrected chi connectivity index (χ2v) is 16.1. The van der Waals surface area contributed by atoms with Crippen molar-refractivity contribution in [2.24, 2.45) is 0 Å². The first kappa shape index (κ1) is 44.9. The molecule has 5 aromatic carbocycles. The Kier molecular flexibility index (Phi) is 13.6. The van der Waals surface area contributed by atoms with Crippen LogP contribution in [0.25, 0.3) is 33.7 Å². The van der Waals surface area contributed by atoms with Gasteiger partial charge in [-0.3, -0.25) is 14.4 Å². The molecule has 0 fully saturated rings. The minimum Gasteiger partial charge on any atom is -0.491 e. The van der Waals surface area contributed by atoms with Crippen LogP contribution in [0, 0.1) is 0 Å². The number of halogens is 1. The maximum atomic E-state index is 13.9. The smallest absolute Gasteiger partial charge is 0.491 e. The quantitative estimate of drug-likeness (QED) is 0.0282. The fourth-order valence-corrected chi connectivity index (χ4v) is 8.85. The average molecular weight is 923 g/mol. The van der Waals surface area contributed by atoms with Crippen molar-refractivity contribution in [1.29, 1.82) is 0 Å². The van der Waals surface area contributed by atoms with Crippen molar-refractivity contribution in [1.82, 2.24) is 4.90 Å². The molecule has 0 saturated heterocycles. The van der Waals surface area contributed by atoms with Crippen molar-refractivity contribution in [2.45, 2.75) is 24.9 Å². The summed E-state index contributed by atoms with van der Waals surface area (Å²) >= 11 is 6.43. The predicted molar refractivity (Wildman–Crippen MR) is 242 cm³/mol. The third-order valence-corrected chi connectivity index (χ3v) is 12.0. The largest absolute Gasteiger partial charge is 0.747 e. The van der Waals surface area contributed by atoms with Crippen molar-refractivity contribution in [3.05, 3.63) is 125 Å². The molecule has 18 heteroatoms. The van der Waals surface area contributed by atoms with Gasteiger partial charge in [0.1, 0.15) is 24.3 Å². The molecule has 334 valence electrons. The molecular weight excluding hydrogens is 881 g/mol. The molecular formula is C47H42ClN3O13P+. The number of benzene rings is 5. The van der Waals surface area contributed by atoms with Gasteiger partial charge in [-0.15, -0.1) is 16.5 Å². The van der Waals surface area contributed by atoms with Crippen LogP contribution >= 0.6 is 19.9 Å². The highest BCUT2D eigenvalue weighted by molar-refractivity contribution is 7.32. The first-order chi connectivity index (χ1) is 31.4. The normalized spacial score (nSPS) is 17.4. The number of carbonyl (C=O) groups excluding carboxylic acids is 3. The number of aliphatic carboxylic acids is 1. The number of hydrogen-bond donors (Lipinski definition) is 4. The Hall–Kier alpha value is -6.65. The van der Waals surface area contributed by atoms with Gasteiger partial charge in [-0.25, -0.2) is 9.32 Å². The van der Waals surface area contributed by atoms with Crippen LogP contribution in [0.4, 0.5) is 11.4 Å². The summed E-state index contributed by atoms with van der Waals surface area (Å²) < 4.78 is 34.2. The molecule has 4 atom stereocenters. The van der Waals surface area contributed by atoms with Gasteiger partial charge in [-0.1, -0.05) is 60.7 Å². The molecule has 0 aromatic heterocycles. The molecule has 3 amide bonds. The Bertz CT molecular complexity index is 2810. The van der Waals surface area contributed by atoms with Gasteiger partial charge in [0.15, 0.2) is 5.75 Å². The van der Waals surface area contributed by atoms with Crippen LogP contribution in [0.15, 0.2) is 103 Å². The summed E-state index contributed by atoms with van der Waals surface area (Å²) in [5.74, 6) is -2.08. The van der Waals surface area contributed by atoms with Gasteiger partial charge in [0.25, 0.3) is 18.1 Å². The third kappa shape index (κ3) is 9.59. The van der Waals surface area contributed by atoms with Crippen LogP contribution in [-0.2, 0) is 34.9 Å². The number of carbonyl (C=O) groups is 4. The highest BCUT2D eigenvalue weighted by atomic mass is 35.5. The van der Waals surface area contributed by atoms with E-state index in [1.807, 2.05) is 18.2 Å². The van der Waals surface area contributed by atoms with E-state index in [-0.39, 0.29) is 68.0 Å². The molecule has 3 heterocycles. The number of nitrogens with zero attached hydrogens (tertiary/aromatic N) is 3. The van der Waals surface area contributed by atoms with E-state index in [2.05, 4.69) is 0 Å². The van der Waals surface area contributed by atoms with E-state index in [0.29, 0.717) is 57.4 Å². The van der Waals surface area contributed by atoms with Gasteiger partial charge in [-0.05, 0) is 58.2 Å². The maximum absolute atomic E-state index is 13.9. The van der Waals surface area contributed by atoms with E-state index >= 15 is 0 Å². The fraction of sp³-hybridized carbons (Fsp3) is 0.234. The summed E-state index contributed by atoms with van der Waals surface area (Å²) in [4.78, 5) is 65.1. The van der Waals surface area contributed by atoms with E-state index in [9.17, 15) is 44.0 Å². The molecule has 4 N–H and O–H groups in total. The van der Waals surface area contributed by atoms with E-state index in [0.717, 1.165) is 16.5 Å². The monoisotopic (exact) mass is 922 g/mol. The van der Waals surface area contributed by atoms with Crippen molar-refractivity contribution < 1.29 is 62.7 Å². The molecule has 5 aromatic rings. The standard InChI is InChI=1S/C47H41ClN3O13P/c48-26-30-27-51(37-25-39(63-47(58)46(56)57)34-7-3-4-8-35(34)45(30)37)44(55)13-10-28-9-11-29(38(23-28)62-22-21-61-20-19-50-42(53)15-16-43(50)54)12-14-41(52)49-18-17-32-31-5-1-2-6-33(31)40(24-36(32)49)64-65(59)60/h1-16,23-25,30,42,47,53,58H,17-22,26-27H2,(H-,56,57,59,60)/p+1/b13-10+,14-12+/t30-,42?,47?/m1/s1. The minimum absolute atomic E-state index is 0.0669. The summed E-state index contributed by atoms with van der Waals surface area (Å²) in [7, 11) is -2.96. The van der Waals surface area contributed by atoms with Gasteiger partial charge in [0.2, 0.25) is 5.91 Å². The first-order valence-corrected chi connectivity index (χ1v) is 22.2. The Morgan fingerprint density at radius 2 is 1.54 bits per heavy atom. The number of amides is 3. The van der Waals surface area contributed by atoms with Gasteiger partial charge in [0, 0.05) is 82.7 Å². The maximum Gasteiger partial charge on any atom is 0.747 e. The lowest BCUT2D eigenvalue weighted by Gasteiger charge is -2.20. The molecule has 0 saturated carbocycles. The fourth-order valence-electron chi connectivity index (χ4n) is 8.28. The number of anilines is 2. The zero-order valence-electron chi connectivity index (χ0n) is 34.5. The van der Waals surface area contributed by atoms with Crippen molar-refractivity contribution in [3.63, 3.8) is 0 Å². The predicted octanol–water partition coefficient (Wildman–Crippen LogP) is 5.90. The van der Waals surface area contributed by atoms with Crippen LogP contribution in [-0.4, -0.2) is 107 Å². The van der Waals surface area contributed by atoms with Crippen molar-refractivity contribution >= 4 is 88.6 Å². The van der Waals surface area contributed by atoms with Gasteiger partial charge in [0.05, 0.1) is 24.6 Å². The lowest BCUT2D eigenvalue weighted by molar-refractivity contribution is -0.161. The molecule has 65 heavy (non-hydrogen) atoms. The molecule has 0 bridgehead atoms. The van der Waals surface area contributed by atoms with Crippen LogP contribution in [0.3, 0.4) is 0 Å².